The third kappa shape index (κ3) is 3.42. The molecule has 29 heavy (non-hydrogen) atoms. The minimum Gasteiger partial charge on any atom is -0.443 e. The molecule has 3 atom stereocenters. The van der Waals surface area contributed by atoms with Gasteiger partial charge >= 0.3 is 0 Å². The molecule has 0 spiro atoms. The zero-order chi connectivity index (χ0) is 20.0. The Balaban J connectivity index is 1.39. The molecule has 0 saturated carbocycles. The molecule has 150 valence electrons. The van der Waals surface area contributed by atoms with Crippen molar-refractivity contribution in [1.82, 2.24) is 15.2 Å². The van der Waals surface area contributed by atoms with Crippen LogP contribution in [-0.4, -0.2) is 49.9 Å². The summed E-state index contributed by atoms with van der Waals surface area (Å²) in [7, 11) is -3.76. The second kappa shape index (κ2) is 6.96. The highest BCUT2D eigenvalue weighted by Crippen LogP contribution is 2.29. The smallest absolute Gasteiger partial charge is 0.270 e. The summed E-state index contributed by atoms with van der Waals surface area (Å²) in [6.45, 7) is 3.11. The van der Waals surface area contributed by atoms with Gasteiger partial charge in [-0.05, 0) is 43.5 Å². The molecule has 2 aromatic heterocycles. The SMILES string of the molecule is O=C(N[C@@H]1C[C@H]2CCN(C2)C1)c1cc2cc(S(=O)(=O)c3ccccc3)oc2cn1. The molecule has 1 N–H and O–H groups in total. The molecule has 8 heteroatoms. The summed E-state index contributed by atoms with van der Waals surface area (Å²) >= 11 is 0. The number of hydrogen-bond acceptors (Lipinski definition) is 6. The minimum atomic E-state index is -3.76. The lowest BCUT2D eigenvalue weighted by molar-refractivity contribution is 0.0904. The van der Waals surface area contributed by atoms with Crippen molar-refractivity contribution in [2.45, 2.75) is 28.9 Å². The van der Waals surface area contributed by atoms with Gasteiger partial charge in [0.1, 0.15) is 5.69 Å². The number of benzene rings is 1. The first kappa shape index (κ1) is 18.3. The zero-order valence-corrected chi connectivity index (χ0v) is 16.6. The van der Waals surface area contributed by atoms with Crippen molar-refractivity contribution >= 4 is 26.7 Å². The van der Waals surface area contributed by atoms with Crippen LogP contribution < -0.4 is 5.32 Å². The molecule has 2 saturated heterocycles. The maximum atomic E-state index is 12.8. The number of pyridine rings is 1. The summed E-state index contributed by atoms with van der Waals surface area (Å²) in [4.78, 5) is 19.4. The Hall–Kier alpha value is -2.71. The number of nitrogens with one attached hydrogen (secondary N) is 1. The molecule has 2 aliphatic heterocycles. The summed E-state index contributed by atoms with van der Waals surface area (Å²) < 4.78 is 31.0. The summed E-state index contributed by atoms with van der Waals surface area (Å²) in [6, 6.07) is 11.3. The second-order valence-corrected chi connectivity index (χ2v) is 9.69. The number of fused-ring (bicyclic) bond motifs is 3. The van der Waals surface area contributed by atoms with E-state index in [4.69, 9.17) is 4.42 Å². The van der Waals surface area contributed by atoms with E-state index in [0.29, 0.717) is 16.9 Å². The molecule has 2 bridgehead atoms. The fraction of sp³-hybridized carbons (Fsp3) is 0.333. The summed E-state index contributed by atoms with van der Waals surface area (Å²) in [5.74, 6) is 0.414. The Morgan fingerprint density at radius 3 is 2.79 bits per heavy atom. The Morgan fingerprint density at radius 1 is 1.17 bits per heavy atom. The number of carbonyl (C=O) groups is 1. The molecule has 7 nitrogen and oxygen atoms in total. The molecular weight excluding hydrogens is 390 g/mol. The standard InChI is InChI=1S/C21H21N3O4S/c25-21(23-16-8-14-6-7-24(12-14)13-16)18-9-15-10-20(28-19(15)11-22-18)29(26,27)17-4-2-1-3-5-17/h1-5,9-11,14,16H,6-8,12-13H2,(H,23,25)/t14-,16-/m1/s1. The third-order valence-electron chi connectivity index (χ3n) is 5.73. The summed E-state index contributed by atoms with van der Waals surface area (Å²) in [5, 5.41) is 3.45. The maximum absolute atomic E-state index is 12.8. The Bertz CT molecular complexity index is 1160. The van der Waals surface area contributed by atoms with Gasteiger partial charge < -0.3 is 14.6 Å². The monoisotopic (exact) mass is 411 g/mol. The molecule has 3 aromatic rings. The van der Waals surface area contributed by atoms with Crippen LogP contribution in [-0.2, 0) is 9.84 Å². The second-order valence-electron chi connectivity index (χ2n) is 7.81. The van der Waals surface area contributed by atoms with Crippen molar-refractivity contribution in [3.05, 3.63) is 54.4 Å². The van der Waals surface area contributed by atoms with E-state index < -0.39 is 9.84 Å². The lowest BCUT2D eigenvalue weighted by Crippen LogP contribution is -2.47. The number of rotatable bonds is 4. The predicted octanol–water partition coefficient (Wildman–Crippen LogP) is 2.48. The lowest BCUT2D eigenvalue weighted by atomic mass is 9.97. The first-order valence-electron chi connectivity index (χ1n) is 9.72. The molecule has 2 fully saturated rings. The van der Waals surface area contributed by atoms with Crippen molar-refractivity contribution in [2.75, 3.05) is 19.6 Å². The van der Waals surface area contributed by atoms with E-state index in [1.54, 1.807) is 24.3 Å². The fourth-order valence-corrected chi connectivity index (χ4v) is 5.55. The van der Waals surface area contributed by atoms with Gasteiger partial charge in [0.25, 0.3) is 5.91 Å². The Labute approximate surface area is 168 Å². The van der Waals surface area contributed by atoms with E-state index in [1.807, 2.05) is 0 Å². The van der Waals surface area contributed by atoms with Crippen molar-refractivity contribution in [3.8, 4) is 0 Å². The van der Waals surface area contributed by atoms with Crippen LogP contribution >= 0.6 is 0 Å². The van der Waals surface area contributed by atoms with E-state index >= 15 is 0 Å². The number of amides is 1. The van der Waals surface area contributed by atoms with Crippen LogP contribution in [0.3, 0.4) is 0 Å². The number of aromatic nitrogens is 1. The van der Waals surface area contributed by atoms with Crippen molar-refractivity contribution in [1.29, 1.82) is 0 Å². The average molecular weight is 411 g/mol. The quantitative estimate of drug-likeness (QED) is 0.709. The van der Waals surface area contributed by atoms with Crippen LogP contribution in [0.25, 0.3) is 11.0 Å². The fourth-order valence-electron chi connectivity index (χ4n) is 4.32. The lowest BCUT2D eigenvalue weighted by Gasteiger charge is -2.30. The molecule has 0 aliphatic carbocycles. The number of carbonyl (C=O) groups excluding carboxylic acids is 1. The van der Waals surface area contributed by atoms with E-state index in [1.165, 1.54) is 30.8 Å². The van der Waals surface area contributed by atoms with Gasteiger partial charge in [-0.2, -0.15) is 0 Å². The van der Waals surface area contributed by atoms with Crippen LogP contribution in [0.15, 0.2) is 63.1 Å². The van der Waals surface area contributed by atoms with Crippen molar-refractivity contribution in [3.63, 3.8) is 0 Å². The van der Waals surface area contributed by atoms with Crippen LogP contribution in [0, 0.1) is 5.92 Å². The van der Waals surface area contributed by atoms with Crippen molar-refractivity contribution in [2.24, 2.45) is 5.92 Å². The van der Waals surface area contributed by atoms with Crippen LogP contribution in [0.1, 0.15) is 23.3 Å². The molecule has 1 unspecified atom stereocenters. The first-order valence-corrected chi connectivity index (χ1v) is 11.2. The van der Waals surface area contributed by atoms with Crippen LogP contribution in [0.2, 0.25) is 0 Å². The van der Waals surface area contributed by atoms with Crippen LogP contribution in [0.5, 0.6) is 0 Å². The van der Waals surface area contributed by atoms with E-state index in [9.17, 15) is 13.2 Å². The molecule has 1 aromatic carbocycles. The van der Waals surface area contributed by atoms with Gasteiger partial charge in [0.2, 0.25) is 14.9 Å². The predicted molar refractivity (Wildman–Crippen MR) is 106 cm³/mol. The van der Waals surface area contributed by atoms with Crippen LogP contribution in [0.4, 0.5) is 0 Å². The summed E-state index contributed by atoms with van der Waals surface area (Å²) in [6.07, 6.45) is 3.60. The van der Waals surface area contributed by atoms with Gasteiger partial charge in [-0.3, -0.25) is 4.79 Å². The van der Waals surface area contributed by atoms with Gasteiger partial charge in [-0.25, -0.2) is 13.4 Å². The first-order chi connectivity index (χ1) is 14.0. The zero-order valence-electron chi connectivity index (χ0n) is 15.7. The number of sulfone groups is 1. The highest BCUT2D eigenvalue weighted by Gasteiger charge is 2.33. The maximum Gasteiger partial charge on any atom is 0.270 e. The highest BCUT2D eigenvalue weighted by molar-refractivity contribution is 7.91. The number of nitrogens with zero attached hydrogens (tertiary/aromatic N) is 2. The van der Waals surface area contributed by atoms with Crippen molar-refractivity contribution < 1.29 is 17.6 Å². The molecular formula is C21H21N3O4S. The number of piperidine rings is 1. The molecule has 0 radical (unpaired) electrons. The third-order valence-corrected chi connectivity index (χ3v) is 7.36. The van der Waals surface area contributed by atoms with E-state index in [-0.39, 0.29) is 27.6 Å². The van der Waals surface area contributed by atoms with E-state index in [2.05, 4.69) is 15.2 Å². The highest BCUT2D eigenvalue weighted by atomic mass is 32.2. The van der Waals surface area contributed by atoms with Gasteiger partial charge in [0.15, 0.2) is 5.58 Å². The average Bonchev–Trinajstić information content (AvgIpc) is 3.31. The van der Waals surface area contributed by atoms with Gasteiger partial charge in [-0.15, -0.1) is 0 Å². The Kier molecular flexibility index (Phi) is 4.40. The number of hydrogen-bond donors (Lipinski definition) is 1. The molecule has 1 amide bonds. The van der Waals surface area contributed by atoms with E-state index in [0.717, 1.165) is 26.1 Å². The molecule has 2 aliphatic rings. The topological polar surface area (TPSA) is 92.5 Å². The van der Waals surface area contributed by atoms with Gasteiger partial charge in [0.05, 0.1) is 11.1 Å². The largest absolute Gasteiger partial charge is 0.443 e. The Morgan fingerprint density at radius 2 is 2.00 bits per heavy atom. The summed E-state index contributed by atoms with van der Waals surface area (Å²) in [5.41, 5.74) is 0.591. The normalized spacial score (nSPS) is 23.9. The number of furan rings is 1. The van der Waals surface area contributed by atoms with Gasteiger partial charge in [0, 0.05) is 30.6 Å². The molecule has 4 heterocycles. The van der Waals surface area contributed by atoms with Gasteiger partial charge in [-0.1, -0.05) is 18.2 Å². The molecule has 5 rings (SSSR count). The minimum absolute atomic E-state index is 0.125.